The van der Waals surface area contributed by atoms with Crippen molar-refractivity contribution in [3.05, 3.63) is 53.6 Å². The van der Waals surface area contributed by atoms with E-state index in [9.17, 15) is 4.79 Å². The number of nitrogens with one attached hydrogen (secondary N) is 1. The summed E-state index contributed by atoms with van der Waals surface area (Å²) in [5, 5.41) is 4.40. The van der Waals surface area contributed by atoms with E-state index >= 15 is 0 Å². The van der Waals surface area contributed by atoms with Gasteiger partial charge in [-0.05, 0) is 72.1 Å². The van der Waals surface area contributed by atoms with Crippen LogP contribution in [0.2, 0.25) is 0 Å². The Morgan fingerprint density at radius 2 is 1.88 bits per heavy atom. The standard InChI is InChI=1S/C26H30N4OS/c1-25(2)17-26(25)20-16-18(9-10-21(20)27-24(26)31)6-5-11-29-12-14-30(15-13-29)23-19-7-3-4-8-22(19)32-28-23/h3-4,7-10,16H,5-6,11-15,17H2,1-2H3,(H,27,31). The zero-order chi connectivity index (χ0) is 21.9. The number of carbonyl (C=O) groups excluding carboxylic acids is 1. The number of aryl methyl sites for hydroxylation is 1. The lowest BCUT2D eigenvalue weighted by Crippen LogP contribution is -2.46. The summed E-state index contributed by atoms with van der Waals surface area (Å²) in [5.41, 5.74) is 3.40. The second-order valence-corrected chi connectivity index (χ2v) is 11.0. The van der Waals surface area contributed by atoms with Crippen LogP contribution in [0.5, 0.6) is 0 Å². The molecular formula is C26H30N4OS. The molecule has 1 aliphatic carbocycles. The first-order valence-electron chi connectivity index (χ1n) is 11.7. The normalized spacial score (nSPS) is 24.2. The highest BCUT2D eigenvalue weighted by Gasteiger charge is 2.70. The second kappa shape index (κ2) is 7.29. The third-order valence-corrected chi connectivity index (χ3v) is 8.70. The van der Waals surface area contributed by atoms with E-state index in [1.54, 1.807) is 11.5 Å². The fraction of sp³-hybridized carbons (Fsp3) is 0.462. The molecule has 6 rings (SSSR count). The summed E-state index contributed by atoms with van der Waals surface area (Å²) in [7, 11) is 0. The lowest BCUT2D eigenvalue weighted by Gasteiger charge is -2.35. The van der Waals surface area contributed by atoms with Crippen LogP contribution in [0.25, 0.3) is 10.1 Å². The van der Waals surface area contributed by atoms with E-state index in [0.29, 0.717) is 0 Å². The average Bonchev–Trinajstić information content (AvgIpc) is 3.07. The quantitative estimate of drug-likeness (QED) is 0.619. The fourth-order valence-electron chi connectivity index (χ4n) is 5.82. The first kappa shape index (κ1) is 20.2. The molecule has 6 heteroatoms. The van der Waals surface area contributed by atoms with Gasteiger partial charge in [-0.3, -0.25) is 9.69 Å². The third-order valence-electron chi connectivity index (χ3n) is 7.89. The SMILES string of the molecule is CC1(C)CC12C(=O)Nc1ccc(CCCN3CCN(c4nsc5ccccc45)CC3)cc12. The number of fused-ring (bicyclic) bond motifs is 3. The van der Waals surface area contributed by atoms with Crippen LogP contribution in [0, 0.1) is 5.41 Å². The van der Waals surface area contributed by atoms with Gasteiger partial charge in [0.1, 0.15) is 5.82 Å². The van der Waals surface area contributed by atoms with E-state index in [2.05, 4.69) is 71.4 Å². The van der Waals surface area contributed by atoms with Crippen molar-refractivity contribution >= 4 is 39.0 Å². The van der Waals surface area contributed by atoms with Gasteiger partial charge in [-0.25, -0.2) is 0 Å². The number of piperazine rings is 1. The molecule has 1 amide bonds. The van der Waals surface area contributed by atoms with E-state index in [0.717, 1.165) is 63.5 Å². The number of carbonyl (C=O) groups is 1. The summed E-state index contributed by atoms with van der Waals surface area (Å²) >= 11 is 1.60. The maximum atomic E-state index is 12.6. The molecule has 166 valence electrons. The lowest BCUT2D eigenvalue weighted by molar-refractivity contribution is -0.118. The van der Waals surface area contributed by atoms with Gasteiger partial charge in [0.05, 0.1) is 10.1 Å². The van der Waals surface area contributed by atoms with Gasteiger partial charge >= 0.3 is 0 Å². The molecule has 5 nitrogen and oxygen atoms in total. The topological polar surface area (TPSA) is 48.5 Å². The Kier molecular flexibility index (Phi) is 4.60. The van der Waals surface area contributed by atoms with Gasteiger partial charge in [0.25, 0.3) is 0 Å². The minimum absolute atomic E-state index is 0.0727. The van der Waals surface area contributed by atoms with Crippen molar-refractivity contribution in [3.63, 3.8) is 0 Å². The summed E-state index contributed by atoms with van der Waals surface area (Å²) in [6, 6.07) is 15.1. The molecule has 0 radical (unpaired) electrons. The summed E-state index contributed by atoms with van der Waals surface area (Å²) < 4.78 is 6.00. The van der Waals surface area contributed by atoms with Gasteiger partial charge < -0.3 is 10.2 Å². The molecule has 3 aliphatic rings. The summed E-state index contributed by atoms with van der Waals surface area (Å²) in [4.78, 5) is 17.6. The van der Waals surface area contributed by atoms with Crippen LogP contribution in [0.1, 0.15) is 37.8 Å². The largest absolute Gasteiger partial charge is 0.353 e. The number of aromatic nitrogens is 1. The van der Waals surface area contributed by atoms with Crippen LogP contribution < -0.4 is 10.2 Å². The van der Waals surface area contributed by atoms with E-state index in [-0.39, 0.29) is 16.7 Å². The highest BCUT2D eigenvalue weighted by molar-refractivity contribution is 7.13. The van der Waals surface area contributed by atoms with Gasteiger partial charge in [0.15, 0.2) is 0 Å². The van der Waals surface area contributed by atoms with Crippen molar-refractivity contribution < 1.29 is 4.79 Å². The number of anilines is 2. The summed E-state index contributed by atoms with van der Waals surface area (Å²) in [6.07, 6.45) is 3.17. The molecule has 1 unspecified atom stereocenters. The molecule has 2 aliphatic heterocycles. The Morgan fingerprint density at radius 3 is 2.66 bits per heavy atom. The molecule has 32 heavy (non-hydrogen) atoms. The first-order chi connectivity index (χ1) is 15.5. The molecule has 1 saturated heterocycles. The highest BCUT2D eigenvalue weighted by Crippen LogP contribution is 2.68. The number of hydrogen-bond acceptors (Lipinski definition) is 5. The van der Waals surface area contributed by atoms with Crippen LogP contribution in [0.3, 0.4) is 0 Å². The Morgan fingerprint density at radius 1 is 1.09 bits per heavy atom. The number of hydrogen-bond donors (Lipinski definition) is 1. The number of benzene rings is 2. The van der Waals surface area contributed by atoms with Crippen LogP contribution in [-0.4, -0.2) is 47.9 Å². The summed E-state index contributed by atoms with van der Waals surface area (Å²) in [5.74, 6) is 1.35. The zero-order valence-corrected chi connectivity index (χ0v) is 19.7. The Balaban J connectivity index is 1.04. The Hall–Kier alpha value is -2.44. The molecule has 0 bridgehead atoms. The smallest absolute Gasteiger partial charge is 0.235 e. The number of rotatable bonds is 5. The molecule has 1 N–H and O–H groups in total. The predicted octanol–water partition coefficient (Wildman–Crippen LogP) is 4.67. The van der Waals surface area contributed by atoms with Crippen molar-refractivity contribution in [1.82, 2.24) is 9.27 Å². The first-order valence-corrected chi connectivity index (χ1v) is 12.5. The Labute approximate surface area is 193 Å². The molecule has 2 aromatic carbocycles. The lowest BCUT2D eigenvalue weighted by atomic mass is 9.88. The van der Waals surface area contributed by atoms with Crippen LogP contribution in [-0.2, 0) is 16.6 Å². The Bertz CT molecular complexity index is 1190. The molecule has 2 fully saturated rings. The van der Waals surface area contributed by atoms with Crippen molar-refractivity contribution in [2.24, 2.45) is 5.41 Å². The van der Waals surface area contributed by atoms with Gasteiger partial charge in [-0.15, -0.1) is 0 Å². The number of amides is 1. The zero-order valence-electron chi connectivity index (χ0n) is 18.9. The van der Waals surface area contributed by atoms with Gasteiger partial charge in [-0.2, -0.15) is 4.37 Å². The molecule has 1 aromatic heterocycles. The second-order valence-electron chi connectivity index (χ2n) is 10.2. The van der Waals surface area contributed by atoms with Crippen LogP contribution >= 0.6 is 11.5 Å². The monoisotopic (exact) mass is 446 g/mol. The van der Waals surface area contributed by atoms with E-state index < -0.39 is 0 Å². The number of nitrogens with zero attached hydrogens (tertiary/aromatic N) is 3. The minimum Gasteiger partial charge on any atom is -0.353 e. The molecule has 1 saturated carbocycles. The van der Waals surface area contributed by atoms with Crippen LogP contribution in [0.15, 0.2) is 42.5 Å². The average molecular weight is 447 g/mol. The maximum Gasteiger partial charge on any atom is 0.235 e. The molecule has 1 atom stereocenters. The van der Waals surface area contributed by atoms with E-state index in [4.69, 9.17) is 4.37 Å². The third kappa shape index (κ3) is 3.07. The van der Waals surface area contributed by atoms with E-state index in [1.807, 2.05) is 0 Å². The van der Waals surface area contributed by atoms with Gasteiger partial charge in [-0.1, -0.05) is 38.1 Å². The van der Waals surface area contributed by atoms with Crippen molar-refractivity contribution in [1.29, 1.82) is 0 Å². The maximum absolute atomic E-state index is 12.6. The summed E-state index contributed by atoms with van der Waals surface area (Å²) in [6.45, 7) is 9.80. The predicted molar refractivity (Wildman–Crippen MR) is 132 cm³/mol. The molecule has 1 spiro atoms. The van der Waals surface area contributed by atoms with Crippen molar-refractivity contribution in [2.45, 2.75) is 38.5 Å². The van der Waals surface area contributed by atoms with Crippen molar-refractivity contribution in [3.8, 4) is 0 Å². The molecule has 3 aromatic rings. The van der Waals surface area contributed by atoms with Crippen molar-refractivity contribution in [2.75, 3.05) is 42.9 Å². The highest BCUT2D eigenvalue weighted by atomic mass is 32.1. The van der Waals surface area contributed by atoms with Crippen LogP contribution in [0.4, 0.5) is 11.5 Å². The molecular weight excluding hydrogens is 416 g/mol. The van der Waals surface area contributed by atoms with Gasteiger partial charge in [0, 0.05) is 37.3 Å². The fourth-order valence-corrected chi connectivity index (χ4v) is 6.61. The molecule has 3 heterocycles. The van der Waals surface area contributed by atoms with E-state index in [1.165, 1.54) is 21.2 Å². The minimum atomic E-state index is -0.283. The van der Waals surface area contributed by atoms with Gasteiger partial charge in [0.2, 0.25) is 5.91 Å².